The predicted molar refractivity (Wildman–Crippen MR) is 53.5 cm³/mol. The van der Waals surface area contributed by atoms with E-state index in [-0.39, 0.29) is 12.2 Å². The Kier molecular flexibility index (Phi) is 3.28. The Bertz CT molecular complexity index is 194. The van der Waals surface area contributed by atoms with E-state index in [9.17, 15) is 0 Å². The molecule has 0 aliphatic carbocycles. The maximum absolute atomic E-state index is 5.69. The van der Waals surface area contributed by atoms with Crippen LogP contribution in [0.3, 0.4) is 0 Å². The summed E-state index contributed by atoms with van der Waals surface area (Å²) < 4.78 is 11.4. The highest BCUT2D eigenvalue weighted by Crippen LogP contribution is 2.29. The second kappa shape index (κ2) is 4.07. The third-order valence-corrected chi connectivity index (χ3v) is 1.93. The Morgan fingerprint density at radius 3 is 1.62 bits per heavy atom. The van der Waals surface area contributed by atoms with E-state index in [4.69, 9.17) is 9.47 Å². The van der Waals surface area contributed by atoms with Crippen LogP contribution < -0.4 is 0 Å². The fourth-order valence-electron chi connectivity index (χ4n) is 1.49. The van der Waals surface area contributed by atoms with E-state index < -0.39 is 5.79 Å². The molecule has 0 N–H and O–H groups in total. The average Bonchev–Trinajstić information content (AvgIpc) is 2.28. The highest BCUT2D eigenvalue weighted by atomic mass is 16.7. The van der Waals surface area contributed by atoms with Crippen molar-refractivity contribution in [2.45, 2.75) is 45.7 Å². The summed E-state index contributed by atoms with van der Waals surface area (Å²) in [6.45, 7) is 7.85. The summed E-state index contributed by atoms with van der Waals surface area (Å²) in [6.07, 6.45) is 8.14. The van der Waals surface area contributed by atoms with Crippen molar-refractivity contribution in [2.24, 2.45) is 0 Å². The van der Waals surface area contributed by atoms with Crippen molar-refractivity contribution in [1.29, 1.82) is 0 Å². The predicted octanol–water partition coefficient (Wildman–Crippen LogP) is 2.66. The molecule has 2 nitrogen and oxygen atoms in total. The molecule has 0 spiro atoms. The van der Waals surface area contributed by atoms with E-state index in [1.54, 1.807) is 0 Å². The summed E-state index contributed by atoms with van der Waals surface area (Å²) in [5.41, 5.74) is 0. The number of rotatable bonds is 2. The Morgan fingerprint density at radius 1 is 0.923 bits per heavy atom. The minimum Gasteiger partial charge on any atom is -0.340 e. The van der Waals surface area contributed by atoms with Gasteiger partial charge in [-0.1, -0.05) is 24.3 Å². The molecule has 2 heteroatoms. The normalized spacial score (nSPS) is 33.5. The van der Waals surface area contributed by atoms with Crippen LogP contribution in [0.1, 0.15) is 27.7 Å². The van der Waals surface area contributed by atoms with Crippen LogP contribution in [0.5, 0.6) is 0 Å². The first-order valence-electron chi connectivity index (χ1n) is 4.70. The molecule has 0 saturated carbocycles. The molecule has 1 aliphatic rings. The molecule has 13 heavy (non-hydrogen) atoms. The van der Waals surface area contributed by atoms with E-state index in [0.29, 0.717) is 0 Å². The second-order valence-corrected chi connectivity index (χ2v) is 3.62. The van der Waals surface area contributed by atoms with Crippen LogP contribution in [0.4, 0.5) is 0 Å². The van der Waals surface area contributed by atoms with E-state index in [2.05, 4.69) is 0 Å². The van der Waals surface area contributed by atoms with Crippen LogP contribution in [0, 0.1) is 0 Å². The quantitative estimate of drug-likeness (QED) is 0.611. The molecule has 2 atom stereocenters. The fourth-order valence-corrected chi connectivity index (χ4v) is 1.49. The molecule has 1 fully saturated rings. The summed E-state index contributed by atoms with van der Waals surface area (Å²) in [4.78, 5) is 0. The van der Waals surface area contributed by atoms with E-state index in [1.165, 1.54) is 0 Å². The molecule has 1 heterocycles. The van der Waals surface area contributed by atoms with Gasteiger partial charge in [0, 0.05) is 0 Å². The molecule has 0 aromatic heterocycles. The van der Waals surface area contributed by atoms with Crippen LogP contribution >= 0.6 is 0 Å². The zero-order valence-electron chi connectivity index (χ0n) is 8.78. The van der Waals surface area contributed by atoms with Crippen LogP contribution in [0.25, 0.3) is 0 Å². The topological polar surface area (TPSA) is 18.5 Å². The molecular weight excluding hydrogens is 164 g/mol. The molecule has 74 valence electrons. The summed E-state index contributed by atoms with van der Waals surface area (Å²) in [6, 6.07) is 0. The zero-order chi connectivity index (χ0) is 9.90. The van der Waals surface area contributed by atoms with Crippen molar-refractivity contribution in [3.05, 3.63) is 24.3 Å². The summed E-state index contributed by atoms with van der Waals surface area (Å²) in [5, 5.41) is 0. The van der Waals surface area contributed by atoms with Gasteiger partial charge in [0.05, 0.1) is 0 Å². The molecule has 0 aromatic rings. The first kappa shape index (κ1) is 10.5. The molecule has 1 saturated heterocycles. The van der Waals surface area contributed by atoms with Gasteiger partial charge in [0.2, 0.25) is 0 Å². The molecule has 0 aromatic carbocycles. The van der Waals surface area contributed by atoms with Gasteiger partial charge in [0.1, 0.15) is 12.2 Å². The SMILES string of the molecule is C/C=C/C1OC(C)(C)OC1/C=C/C. The van der Waals surface area contributed by atoms with Crippen LogP contribution in [-0.2, 0) is 9.47 Å². The van der Waals surface area contributed by atoms with Crippen molar-refractivity contribution in [3.63, 3.8) is 0 Å². The standard InChI is InChI=1S/C11H18O2/c1-5-7-9-10(8-6-2)13-11(3,4)12-9/h5-10H,1-4H3/b7-5+,8-6+. The minimum atomic E-state index is -0.464. The maximum Gasteiger partial charge on any atom is 0.164 e. The van der Waals surface area contributed by atoms with Gasteiger partial charge in [-0.15, -0.1) is 0 Å². The summed E-state index contributed by atoms with van der Waals surface area (Å²) in [7, 11) is 0. The lowest BCUT2D eigenvalue weighted by Crippen LogP contribution is -2.20. The lowest BCUT2D eigenvalue weighted by molar-refractivity contribution is -0.139. The first-order chi connectivity index (χ1) is 6.09. The van der Waals surface area contributed by atoms with Crippen molar-refractivity contribution in [2.75, 3.05) is 0 Å². The van der Waals surface area contributed by atoms with Crippen LogP contribution in [0.15, 0.2) is 24.3 Å². The van der Waals surface area contributed by atoms with E-state index >= 15 is 0 Å². The lowest BCUT2D eigenvalue weighted by Gasteiger charge is -2.15. The lowest BCUT2D eigenvalue weighted by atomic mass is 10.2. The Hall–Kier alpha value is -0.600. The molecule has 0 bridgehead atoms. The van der Waals surface area contributed by atoms with Gasteiger partial charge in [-0.05, 0) is 27.7 Å². The van der Waals surface area contributed by atoms with Gasteiger partial charge in [0.15, 0.2) is 5.79 Å². The zero-order valence-corrected chi connectivity index (χ0v) is 8.78. The number of hydrogen-bond acceptors (Lipinski definition) is 2. The van der Waals surface area contributed by atoms with Gasteiger partial charge in [-0.2, -0.15) is 0 Å². The number of ether oxygens (including phenoxy) is 2. The molecular formula is C11H18O2. The first-order valence-corrected chi connectivity index (χ1v) is 4.70. The largest absolute Gasteiger partial charge is 0.340 e. The van der Waals surface area contributed by atoms with Gasteiger partial charge >= 0.3 is 0 Å². The fraction of sp³-hybridized carbons (Fsp3) is 0.636. The van der Waals surface area contributed by atoms with Gasteiger partial charge < -0.3 is 9.47 Å². The van der Waals surface area contributed by atoms with E-state index in [1.807, 2.05) is 52.0 Å². The smallest absolute Gasteiger partial charge is 0.164 e. The van der Waals surface area contributed by atoms with Gasteiger partial charge in [-0.25, -0.2) is 0 Å². The monoisotopic (exact) mass is 182 g/mol. The summed E-state index contributed by atoms with van der Waals surface area (Å²) >= 11 is 0. The van der Waals surface area contributed by atoms with Crippen molar-refractivity contribution in [3.8, 4) is 0 Å². The molecule has 1 rings (SSSR count). The minimum absolute atomic E-state index is 0.0520. The van der Waals surface area contributed by atoms with Crippen molar-refractivity contribution < 1.29 is 9.47 Å². The second-order valence-electron chi connectivity index (χ2n) is 3.62. The molecule has 1 aliphatic heterocycles. The molecule has 0 radical (unpaired) electrons. The van der Waals surface area contributed by atoms with Gasteiger partial charge in [-0.3, -0.25) is 0 Å². The Balaban J connectivity index is 2.71. The van der Waals surface area contributed by atoms with Crippen molar-refractivity contribution >= 4 is 0 Å². The Labute approximate surface area is 80.2 Å². The van der Waals surface area contributed by atoms with Crippen LogP contribution in [-0.4, -0.2) is 18.0 Å². The molecule has 0 amide bonds. The number of allylic oxidation sites excluding steroid dienone is 2. The average molecular weight is 182 g/mol. The Morgan fingerprint density at radius 2 is 1.31 bits per heavy atom. The highest BCUT2D eigenvalue weighted by Gasteiger charge is 2.38. The third kappa shape index (κ3) is 2.68. The van der Waals surface area contributed by atoms with Crippen molar-refractivity contribution in [1.82, 2.24) is 0 Å². The summed E-state index contributed by atoms with van der Waals surface area (Å²) in [5.74, 6) is -0.464. The van der Waals surface area contributed by atoms with Crippen LogP contribution in [0.2, 0.25) is 0 Å². The third-order valence-electron chi connectivity index (χ3n) is 1.93. The molecule has 2 unspecified atom stereocenters. The van der Waals surface area contributed by atoms with Gasteiger partial charge in [0.25, 0.3) is 0 Å². The maximum atomic E-state index is 5.69. The number of hydrogen-bond donors (Lipinski definition) is 0. The highest BCUT2D eigenvalue weighted by molar-refractivity contribution is 5.04. The van der Waals surface area contributed by atoms with E-state index in [0.717, 1.165) is 0 Å².